The van der Waals surface area contributed by atoms with Crippen LogP contribution in [0.4, 0.5) is 0 Å². The van der Waals surface area contributed by atoms with Gasteiger partial charge >= 0.3 is 0 Å². The number of hydrogen-bond acceptors (Lipinski definition) is 3. The second-order valence-electron chi connectivity index (χ2n) is 3.42. The molecule has 1 saturated heterocycles. The summed E-state index contributed by atoms with van der Waals surface area (Å²) in [5.41, 5.74) is 0. The lowest BCUT2D eigenvalue weighted by molar-refractivity contribution is 0.00646. The maximum atomic E-state index is 9.48. The first kappa shape index (κ1) is 9.34. The van der Waals surface area contributed by atoms with E-state index in [0.29, 0.717) is 12.4 Å². The van der Waals surface area contributed by atoms with Crippen molar-refractivity contribution >= 4 is 0 Å². The zero-order chi connectivity index (χ0) is 9.80. The Morgan fingerprint density at radius 2 is 2.21 bits per heavy atom. The van der Waals surface area contributed by atoms with E-state index in [2.05, 4.69) is 0 Å². The molecular weight excluding hydrogens is 180 g/mol. The van der Waals surface area contributed by atoms with Crippen LogP contribution in [0.15, 0.2) is 24.3 Å². The van der Waals surface area contributed by atoms with Crippen molar-refractivity contribution in [1.82, 2.24) is 0 Å². The molecular formula is C11H14O3. The van der Waals surface area contributed by atoms with Crippen molar-refractivity contribution in [1.29, 1.82) is 0 Å². The summed E-state index contributed by atoms with van der Waals surface area (Å²) < 4.78 is 10.9. The maximum Gasteiger partial charge on any atom is 0.161 e. The summed E-state index contributed by atoms with van der Waals surface area (Å²) in [7, 11) is 0. The van der Waals surface area contributed by atoms with E-state index in [1.54, 1.807) is 18.2 Å². The predicted molar refractivity (Wildman–Crippen MR) is 52.6 cm³/mol. The molecule has 0 aliphatic carbocycles. The molecule has 14 heavy (non-hydrogen) atoms. The molecule has 2 rings (SSSR count). The number of aromatic hydroxyl groups is 1. The Bertz CT molecular complexity index is 292. The highest BCUT2D eigenvalue weighted by molar-refractivity contribution is 5.38. The summed E-state index contributed by atoms with van der Waals surface area (Å²) in [5.74, 6) is 0.737. The lowest BCUT2D eigenvalue weighted by Crippen LogP contribution is -2.27. The minimum absolute atomic E-state index is 0.0806. The average molecular weight is 194 g/mol. The highest BCUT2D eigenvalue weighted by Crippen LogP contribution is 2.26. The first-order valence-corrected chi connectivity index (χ1v) is 4.88. The molecule has 1 atom stereocenters. The molecule has 1 aromatic carbocycles. The molecule has 1 N–H and O–H groups in total. The number of phenolic OH excluding ortho intramolecular Hbond substituents is 1. The van der Waals surface area contributed by atoms with Gasteiger partial charge in [-0.15, -0.1) is 0 Å². The van der Waals surface area contributed by atoms with Crippen molar-refractivity contribution in [3.63, 3.8) is 0 Å². The first-order valence-electron chi connectivity index (χ1n) is 4.88. The van der Waals surface area contributed by atoms with Gasteiger partial charge in [-0.2, -0.15) is 0 Å². The Balaban J connectivity index is 1.99. The Morgan fingerprint density at radius 3 is 2.93 bits per heavy atom. The van der Waals surface area contributed by atoms with Crippen molar-refractivity contribution in [2.24, 2.45) is 0 Å². The number of hydrogen-bond donors (Lipinski definition) is 1. The lowest BCUT2D eigenvalue weighted by Gasteiger charge is -2.23. The normalized spacial score (nSPS) is 21.9. The van der Waals surface area contributed by atoms with Gasteiger partial charge in [-0.05, 0) is 25.0 Å². The van der Waals surface area contributed by atoms with Gasteiger partial charge in [0.1, 0.15) is 6.10 Å². The molecule has 1 heterocycles. The van der Waals surface area contributed by atoms with Gasteiger partial charge in [-0.1, -0.05) is 12.1 Å². The van der Waals surface area contributed by atoms with Gasteiger partial charge in [0.2, 0.25) is 0 Å². The van der Waals surface area contributed by atoms with Crippen molar-refractivity contribution in [2.45, 2.75) is 18.9 Å². The number of ether oxygens (including phenoxy) is 2. The van der Waals surface area contributed by atoms with Crippen LogP contribution in [0.5, 0.6) is 11.5 Å². The topological polar surface area (TPSA) is 38.7 Å². The molecule has 1 aromatic rings. The van der Waals surface area contributed by atoms with E-state index in [9.17, 15) is 5.11 Å². The molecule has 0 saturated carbocycles. The second kappa shape index (κ2) is 4.33. The third-order valence-corrected chi connectivity index (χ3v) is 2.28. The standard InChI is InChI=1S/C11H14O3/c12-10-5-1-2-6-11(10)14-9-4-3-7-13-8-9/h1-2,5-6,9,12H,3-4,7-8H2. The summed E-state index contributed by atoms with van der Waals surface area (Å²) in [6.07, 6.45) is 2.10. The largest absolute Gasteiger partial charge is 0.504 e. The predicted octanol–water partition coefficient (Wildman–Crippen LogP) is 1.95. The molecule has 0 radical (unpaired) electrons. The van der Waals surface area contributed by atoms with E-state index in [1.807, 2.05) is 6.07 Å². The van der Waals surface area contributed by atoms with E-state index in [4.69, 9.17) is 9.47 Å². The van der Waals surface area contributed by atoms with Gasteiger partial charge in [0, 0.05) is 6.61 Å². The van der Waals surface area contributed by atoms with Gasteiger partial charge in [0.05, 0.1) is 6.61 Å². The third kappa shape index (κ3) is 2.17. The molecule has 1 aliphatic rings. The minimum atomic E-state index is 0.0806. The smallest absolute Gasteiger partial charge is 0.161 e. The van der Waals surface area contributed by atoms with E-state index in [0.717, 1.165) is 19.4 Å². The van der Waals surface area contributed by atoms with Gasteiger partial charge < -0.3 is 14.6 Å². The van der Waals surface area contributed by atoms with Gasteiger partial charge in [-0.25, -0.2) is 0 Å². The van der Waals surface area contributed by atoms with E-state index < -0.39 is 0 Å². The number of phenols is 1. The zero-order valence-corrected chi connectivity index (χ0v) is 7.98. The van der Waals surface area contributed by atoms with Crippen molar-refractivity contribution < 1.29 is 14.6 Å². The number of para-hydroxylation sites is 2. The fraction of sp³-hybridized carbons (Fsp3) is 0.455. The highest BCUT2D eigenvalue weighted by atomic mass is 16.5. The Hall–Kier alpha value is -1.22. The Kier molecular flexibility index (Phi) is 2.89. The van der Waals surface area contributed by atoms with Gasteiger partial charge in [0.25, 0.3) is 0 Å². The van der Waals surface area contributed by atoms with E-state index >= 15 is 0 Å². The molecule has 1 unspecified atom stereocenters. The molecule has 3 nitrogen and oxygen atoms in total. The van der Waals surface area contributed by atoms with Crippen molar-refractivity contribution in [3.8, 4) is 11.5 Å². The van der Waals surface area contributed by atoms with Crippen LogP contribution in [-0.2, 0) is 4.74 Å². The average Bonchev–Trinajstić information content (AvgIpc) is 2.23. The third-order valence-electron chi connectivity index (χ3n) is 2.28. The molecule has 0 bridgehead atoms. The molecule has 1 aliphatic heterocycles. The number of rotatable bonds is 2. The molecule has 0 amide bonds. The first-order chi connectivity index (χ1) is 6.86. The minimum Gasteiger partial charge on any atom is -0.504 e. The van der Waals surface area contributed by atoms with Crippen LogP contribution in [0, 0.1) is 0 Å². The summed E-state index contributed by atoms with van der Waals surface area (Å²) >= 11 is 0. The molecule has 1 fully saturated rings. The lowest BCUT2D eigenvalue weighted by atomic mass is 10.2. The van der Waals surface area contributed by atoms with Crippen LogP contribution < -0.4 is 4.74 Å². The van der Waals surface area contributed by atoms with E-state index in [1.165, 1.54) is 0 Å². The van der Waals surface area contributed by atoms with Crippen molar-refractivity contribution in [3.05, 3.63) is 24.3 Å². The molecule has 76 valence electrons. The number of benzene rings is 1. The SMILES string of the molecule is Oc1ccccc1OC1CCCOC1. The fourth-order valence-electron chi connectivity index (χ4n) is 1.54. The van der Waals surface area contributed by atoms with E-state index in [-0.39, 0.29) is 11.9 Å². The molecule has 3 heteroatoms. The Labute approximate surface area is 83.3 Å². The summed E-state index contributed by atoms with van der Waals surface area (Å²) in [6.45, 7) is 1.44. The maximum absolute atomic E-state index is 9.48. The summed E-state index contributed by atoms with van der Waals surface area (Å²) in [5, 5.41) is 9.48. The Morgan fingerprint density at radius 1 is 1.36 bits per heavy atom. The summed E-state index contributed by atoms with van der Waals surface area (Å²) in [4.78, 5) is 0. The van der Waals surface area contributed by atoms with Crippen LogP contribution in [0.3, 0.4) is 0 Å². The highest BCUT2D eigenvalue weighted by Gasteiger charge is 2.16. The molecule has 0 spiro atoms. The van der Waals surface area contributed by atoms with Crippen molar-refractivity contribution in [2.75, 3.05) is 13.2 Å². The fourth-order valence-corrected chi connectivity index (χ4v) is 1.54. The zero-order valence-electron chi connectivity index (χ0n) is 7.98. The van der Waals surface area contributed by atoms with Crippen LogP contribution in [-0.4, -0.2) is 24.4 Å². The van der Waals surface area contributed by atoms with Crippen LogP contribution in [0.2, 0.25) is 0 Å². The van der Waals surface area contributed by atoms with Crippen LogP contribution >= 0.6 is 0 Å². The van der Waals surface area contributed by atoms with Gasteiger partial charge in [-0.3, -0.25) is 0 Å². The molecule has 0 aromatic heterocycles. The quantitative estimate of drug-likeness (QED) is 0.782. The summed E-state index contributed by atoms with van der Waals surface area (Å²) in [6, 6.07) is 7.02. The monoisotopic (exact) mass is 194 g/mol. The van der Waals surface area contributed by atoms with Crippen LogP contribution in [0.25, 0.3) is 0 Å². The van der Waals surface area contributed by atoms with Crippen LogP contribution in [0.1, 0.15) is 12.8 Å². The second-order valence-corrected chi connectivity index (χ2v) is 3.42. The van der Waals surface area contributed by atoms with Gasteiger partial charge in [0.15, 0.2) is 11.5 Å².